The number of hydrogen-bond donors (Lipinski definition) is 2. The van der Waals surface area contributed by atoms with Gasteiger partial charge in [-0.1, -0.05) is 51.1 Å². The molecule has 1 rings (SSSR count). The molecule has 1 aromatic carbocycles. The van der Waals surface area contributed by atoms with Crippen LogP contribution in [-0.2, 0) is 15.0 Å². The minimum Gasteiger partial charge on any atom is -0.352 e. The second-order valence-corrected chi connectivity index (χ2v) is 5.93. The lowest BCUT2D eigenvalue weighted by Gasteiger charge is -2.18. The van der Waals surface area contributed by atoms with E-state index in [0.717, 1.165) is 5.56 Å². The lowest BCUT2D eigenvalue weighted by atomic mass is 9.87. The maximum absolute atomic E-state index is 11.5. The van der Waals surface area contributed by atoms with E-state index >= 15 is 0 Å². The first-order valence-corrected chi connectivity index (χ1v) is 7.13. The van der Waals surface area contributed by atoms with E-state index in [0.29, 0.717) is 6.54 Å². The second kappa shape index (κ2) is 8.12. The Bertz CT molecular complexity index is 554. The fourth-order valence-corrected chi connectivity index (χ4v) is 1.68. The first-order valence-electron chi connectivity index (χ1n) is 7.13. The maximum Gasteiger partial charge on any atom is 0.249 e. The zero-order chi connectivity index (χ0) is 16.6. The van der Waals surface area contributed by atoms with Crippen molar-refractivity contribution in [1.29, 1.82) is 0 Å². The van der Waals surface area contributed by atoms with Crippen molar-refractivity contribution in [3.8, 4) is 0 Å². The van der Waals surface area contributed by atoms with Crippen molar-refractivity contribution < 1.29 is 9.59 Å². The van der Waals surface area contributed by atoms with Crippen molar-refractivity contribution in [2.24, 2.45) is 5.10 Å². The van der Waals surface area contributed by atoms with Crippen molar-refractivity contribution in [1.82, 2.24) is 10.7 Å². The Morgan fingerprint density at radius 1 is 1.18 bits per heavy atom. The van der Waals surface area contributed by atoms with Crippen LogP contribution in [0.2, 0.25) is 0 Å². The molecule has 0 aromatic heterocycles. The smallest absolute Gasteiger partial charge is 0.249 e. The zero-order valence-corrected chi connectivity index (χ0v) is 13.3. The summed E-state index contributed by atoms with van der Waals surface area (Å²) in [5.74, 6) is -0.814. The second-order valence-electron chi connectivity index (χ2n) is 5.93. The Kier molecular flexibility index (Phi) is 6.50. The van der Waals surface area contributed by atoms with Crippen LogP contribution in [0.5, 0.6) is 0 Å². The molecule has 0 spiro atoms. The van der Waals surface area contributed by atoms with Gasteiger partial charge in [0.2, 0.25) is 11.8 Å². The van der Waals surface area contributed by atoms with Gasteiger partial charge in [0.15, 0.2) is 0 Å². The Morgan fingerprint density at radius 3 is 2.36 bits per heavy atom. The summed E-state index contributed by atoms with van der Waals surface area (Å²) in [4.78, 5) is 22.8. The van der Waals surface area contributed by atoms with Crippen molar-refractivity contribution in [3.05, 3.63) is 48.0 Å². The molecular weight excluding hydrogens is 278 g/mol. The topological polar surface area (TPSA) is 70.6 Å². The van der Waals surface area contributed by atoms with Crippen LogP contribution in [0.15, 0.2) is 42.0 Å². The largest absolute Gasteiger partial charge is 0.352 e. The van der Waals surface area contributed by atoms with E-state index in [4.69, 9.17) is 0 Å². The highest BCUT2D eigenvalue weighted by Crippen LogP contribution is 2.21. The van der Waals surface area contributed by atoms with Crippen LogP contribution in [0.4, 0.5) is 0 Å². The molecule has 5 nitrogen and oxygen atoms in total. The highest BCUT2D eigenvalue weighted by Gasteiger charge is 2.12. The van der Waals surface area contributed by atoms with Gasteiger partial charge in [-0.2, -0.15) is 5.10 Å². The van der Waals surface area contributed by atoms with E-state index in [-0.39, 0.29) is 17.7 Å². The van der Waals surface area contributed by atoms with Gasteiger partial charge in [0.1, 0.15) is 6.42 Å². The molecule has 0 atom stereocenters. The molecule has 0 bridgehead atoms. The van der Waals surface area contributed by atoms with Crippen molar-refractivity contribution >= 4 is 18.0 Å². The summed E-state index contributed by atoms with van der Waals surface area (Å²) < 4.78 is 0. The highest BCUT2D eigenvalue weighted by atomic mass is 16.2. The first-order chi connectivity index (χ1) is 10.3. The number of hydrazone groups is 1. The SMILES string of the molecule is C=CCNC(=O)CC(=O)N/N=C/c1ccc(C(C)(C)C)cc1. The number of amides is 2. The number of nitrogens with zero attached hydrogens (tertiary/aromatic N) is 1. The first kappa shape index (κ1) is 17.6. The van der Waals surface area contributed by atoms with Gasteiger partial charge in [0.25, 0.3) is 0 Å². The van der Waals surface area contributed by atoms with Gasteiger partial charge in [0, 0.05) is 6.54 Å². The van der Waals surface area contributed by atoms with E-state index in [1.165, 1.54) is 5.56 Å². The predicted octanol–water partition coefficient (Wildman–Crippen LogP) is 2.13. The van der Waals surface area contributed by atoms with Crippen LogP contribution < -0.4 is 10.7 Å². The molecule has 0 fully saturated rings. The number of hydrogen-bond acceptors (Lipinski definition) is 3. The number of carbonyl (C=O) groups excluding carboxylic acids is 2. The summed E-state index contributed by atoms with van der Waals surface area (Å²) in [5.41, 5.74) is 4.54. The molecule has 0 aliphatic carbocycles. The van der Waals surface area contributed by atoms with E-state index in [1.54, 1.807) is 12.3 Å². The fraction of sp³-hybridized carbons (Fsp3) is 0.353. The van der Waals surface area contributed by atoms with Gasteiger partial charge in [0.05, 0.1) is 6.21 Å². The molecule has 5 heteroatoms. The van der Waals surface area contributed by atoms with Gasteiger partial charge >= 0.3 is 0 Å². The molecule has 0 unspecified atom stereocenters. The van der Waals surface area contributed by atoms with E-state index < -0.39 is 5.91 Å². The molecule has 2 amide bonds. The van der Waals surface area contributed by atoms with Gasteiger partial charge in [-0.15, -0.1) is 6.58 Å². The number of rotatable bonds is 6. The molecule has 0 aliphatic rings. The van der Waals surface area contributed by atoms with Crippen molar-refractivity contribution in [2.45, 2.75) is 32.6 Å². The summed E-state index contributed by atoms with van der Waals surface area (Å²) in [7, 11) is 0. The summed E-state index contributed by atoms with van der Waals surface area (Å²) in [6.07, 6.45) is 2.84. The quantitative estimate of drug-likeness (QED) is 0.366. The maximum atomic E-state index is 11.5. The highest BCUT2D eigenvalue weighted by molar-refractivity contribution is 5.97. The molecule has 2 N–H and O–H groups in total. The van der Waals surface area contributed by atoms with E-state index in [9.17, 15) is 9.59 Å². The third-order valence-electron chi connectivity index (χ3n) is 2.94. The summed E-state index contributed by atoms with van der Waals surface area (Å²) in [6.45, 7) is 10.3. The Hall–Kier alpha value is -2.43. The van der Waals surface area contributed by atoms with E-state index in [1.807, 2.05) is 24.3 Å². The summed E-state index contributed by atoms with van der Waals surface area (Å²) in [5, 5.41) is 6.36. The Balaban J connectivity index is 2.47. The molecule has 0 aliphatic heterocycles. The van der Waals surface area contributed by atoms with Crippen LogP contribution in [0, 0.1) is 0 Å². The lowest BCUT2D eigenvalue weighted by molar-refractivity contribution is -0.129. The van der Waals surface area contributed by atoms with Gasteiger partial charge < -0.3 is 5.32 Å². The number of benzene rings is 1. The molecule has 1 aromatic rings. The number of carbonyl (C=O) groups is 2. The third kappa shape index (κ3) is 6.35. The minimum atomic E-state index is -0.455. The molecule has 0 heterocycles. The lowest BCUT2D eigenvalue weighted by Crippen LogP contribution is -2.29. The predicted molar refractivity (Wildman–Crippen MR) is 88.7 cm³/mol. The molecular formula is C17H23N3O2. The van der Waals surface area contributed by atoms with Crippen LogP contribution in [-0.4, -0.2) is 24.6 Å². The van der Waals surface area contributed by atoms with E-state index in [2.05, 4.69) is 43.2 Å². The molecule has 22 heavy (non-hydrogen) atoms. The summed E-state index contributed by atoms with van der Waals surface area (Å²) in [6, 6.07) is 7.94. The van der Waals surface area contributed by atoms with Crippen LogP contribution in [0.1, 0.15) is 38.3 Å². The van der Waals surface area contributed by atoms with Gasteiger partial charge in [-0.3, -0.25) is 9.59 Å². The number of nitrogens with one attached hydrogen (secondary N) is 2. The van der Waals surface area contributed by atoms with Crippen LogP contribution in [0.3, 0.4) is 0 Å². The van der Waals surface area contributed by atoms with Gasteiger partial charge in [-0.25, -0.2) is 5.43 Å². The monoisotopic (exact) mass is 301 g/mol. The molecule has 0 radical (unpaired) electrons. The molecule has 118 valence electrons. The minimum absolute atomic E-state index is 0.0999. The Labute approximate surface area is 131 Å². The van der Waals surface area contributed by atoms with Crippen LogP contribution >= 0.6 is 0 Å². The average molecular weight is 301 g/mol. The third-order valence-corrected chi connectivity index (χ3v) is 2.94. The molecule has 0 saturated heterocycles. The van der Waals surface area contributed by atoms with Crippen molar-refractivity contribution in [3.63, 3.8) is 0 Å². The Morgan fingerprint density at radius 2 is 1.82 bits per heavy atom. The average Bonchev–Trinajstić information content (AvgIpc) is 2.44. The fourth-order valence-electron chi connectivity index (χ4n) is 1.68. The summed E-state index contributed by atoms with van der Waals surface area (Å²) >= 11 is 0. The van der Waals surface area contributed by atoms with Crippen molar-refractivity contribution in [2.75, 3.05) is 6.54 Å². The zero-order valence-electron chi connectivity index (χ0n) is 13.3. The molecule has 0 saturated carbocycles. The standard InChI is InChI=1S/C17H23N3O2/c1-5-10-18-15(21)11-16(22)20-19-12-13-6-8-14(9-7-13)17(2,3)4/h5-9,12H,1,10-11H2,2-4H3,(H,18,21)(H,20,22)/b19-12+. The van der Waals surface area contributed by atoms with Gasteiger partial charge in [-0.05, 0) is 16.5 Å². The normalized spacial score (nSPS) is 11.2. The van der Waals surface area contributed by atoms with Crippen LogP contribution in [0.25, 0.3) is 0 Å².